The lowest BCUT2D eigenvalue weighted by atomic mass is 10.2. The molecule has 0 radical (unpaired) electrons. The summed E-state index contributed by atoms with van der Waals surface area (Å²) in [6.45, 7) is 1.96. The van der Waals surface area contributed by atoms with Crippen molar-refractivity contribution >= 4 is 21.5 Å². The number of ether oxygens (including phenoxy) is 1. The maximum atomic E-state index is 12.2. The van der Waals surface area contributed by atoms with Gasteiger partial charge in [0.2, 0.25) is 0 Å². The molecule has 2 rings (SSSR count). The van der Waals surface area contributed by atoms with Gasteiger partial charge in [0.25, 0.3) is 0 Å². The van der Waals surface area contributed by atoms with Crippen molar-refractivity contribution in [2.45, 2.75) is 17.1 Å². The molecule has 0 saturated heterocycles. The molecule has 1 aliphatic heterocycles. The van der Waals surface area contributed by atoms with Gasteiger partial charge in [0.15, 0.2) is 9.84 Å². The normalized spacial score (nSPS) is 21.2. The Labute approximate surface area is 99.7 Å². The van der Waals surface area contributed by atoms with E-state index >= 15 is 0 Å². The zero-order valence-corrected chi connectivity index (χ0v) is 10.4. The van der Waals surface area contributed by atoms with Gasteiger partial charge in [0.05, 0.1) is 23.6 Å². The van der Waals surface area contributed by atoms with Gasteiger partial charge in [-0.1, -0.05) is 6.07 Å². The Hall–Kier alpha value is -1.56. The molecule has 0 aromatic heterocycles. The molecule has 1 aliphatic rings. The van der Waals surface area contributed by atoms with E-state index in [1.807, 2.05) is 0 Å². The van der Waals surface area contributed by atoms with E-state index in [4.69, 9.17) is 0 Å². The molecule has 0 saturated carbocycles. The maximum absolute atomic E-state index is 12.2. The van der Waals surface area contributed by atoms with Gasteiger partial charge < -0.3 is 10.1 Å². The molecule has 92 valence electrons. The molecule has 1 aromatic carbocycles. The Morgan fingerprint density at radius 2 is 2.18 bits per heavy atom. The van der Waals surface area contributed by atoms with Crippen LogP contribution in [-0.2, 0) is 14.6 Å². The first-order chi connectivity index (χ1) is 7.98. The number of carbonyl (C=O) groups is 1. The minimum Gasteiger partial charge on any atom is -0.465 e. The van der Waals surface area contributed by atoms with E-state index in [9.17, 15) is 13.2 Å². The number of hydrogen-bond donors (Lipinski definition) is 1. The predicted octanol–water partition coefficient (Wildman–Crippen LogP) is 1.06. The van der Waals surface area contributed by atoms with Crippen LogP contribution in [0.5, 0.6) is 0 Å². The highest BCUT2D eigenvalue weighted by Crippen LogP contribution is 2.32. The molecule has 1 aromatic rings. The zero-order chi connectivity index (χ0) is 12.6. The lowest BCUT2D eigenvalue weighted by Crippen LogP contribution is -2.33. The van der Waals surface area contributed by atoms with Crippen molar-refractivity contribution < 1.29 is 17.9 Å². The monoisotopic (exact) mass is 255 g/mol. The van der Waals surface area contributed by atoms with Crippen molar-refractivity contribution in [2.24, 2.45) is 0 Å². The number of esters is 1. The van der Waals surface area contributed by atoms with E-state index in [0.29, 0.717) is 12.2 Å². The molecule has 17 heavy (non-hydrogen) atoms. The van der Waals surface area contributed by atoms with Crippen molar-refractivity contribution in [2.75, 3.05) is 19.0 Å². The number of fused-ring (bicyclic) bond motifs is 1. The Bertz CT molecular complexity index is 565. The summed E-state index contributed by atoms with van der Waals surface area (Å²) in [5.41, 5.74) is 0.551. The number of methoxy groups -OCH3 is 1. The first kappa shape index (κ1) is 11.9. The van der Waals surface area contributed by atoms with Gasteiger partial charge in [0, 0.05) is 6.54 Å². The fourth-order valence-corrected chi connectivity index (χ4v) is 3.43. The molecule has 1 N–H and O–H groups in total. The SMILES string of the molecule is COC(=O)c1cccc2c1S(=O)(=O)C(C)CN2. The molecule has 1 heterocycles. The Kier molecular flexibility index (Phi) is 2.82. The first-order valence-electron chi connectivity index (χ1n) is 5.17. The highest BCUT2D eigenvalue weighted by atomic mass is 32.2. The average Bonchev–Trinajstić information content (AvgIpc) is 2.32. The molecule has 0 amide bonds. The van der Waals surface area contributed by atoms with Gasteiger partial charge >= 0.3 is 5.97 Å². The summed E-state index contributed by atoms with van der Waals surface area (Å²) in [6.07, 6.45) is 0. The van der Waals surface area contributed by atoms with E-state index in [0.717, 1.165) is 0 Å². The van der Waals surface area contributed by atoms with Crippen LogP contribution in [0.3, 0.4) is 0 Å². The fraction of sp³-hybridized carbons (Fsp3) is 0.364. The standard InChI is InChI=1S/C11H13NO4S/c1-7-6-12-9-5-3-4-8(11(13)16-2)10(9)17(7,14)15/h3-5,7,12H,6H2,1-2H3. The summed E-state index contributed by atoms with van der Waals surface area (Å²) >= 11 is 0. The number of sulfone groups is 1. The van der Waals surface area contributed by atoms with Crippen LogP contribution in [-0.4, -0.2) is 33.3 Å². The van der Waals surface area contributed by atoms with Gasteiger partial charge in [-0.05, 0) is 19.1 Å². The van der Waals surface area contributed by atoms with Gasteiger partial charge in [-0.25, -0.2) is 13.2 Å². The summed E-state index contributed by atoms with van der Waals surface area (Å²) in [5.74, 6) is -0.638. The molecule has 0 fully saturated rings. The molecule has 0 bridgehead atoms. The lowest BCUT2D eigenvalue weighted by molar-refractivity contribution is 0.0596. The summed E-state index contributed by atoms with van der Waals surface area (Å²) in [6, 6.07) is 4.73. The Balaban J connectivity index is 2.72. The minimum absolute atomic E-state index is 0.0469. The smallest absolute Gasteiger partial charge is 0.339 e. The molecule has 6 heteroatoms. The Morgan fingerprint density at radius 3 is 2.82 bits per heavy atom. The maximum Gasteiger partial charge on any atom is 0.339 e. The number of nitrogens with one attached hydrogen (secondary N) is 1. The van der Waals surface area contributed by atoms with Crippen LogP contribution in [0.15, 0.2) is 23.1 Å². The van der Waals surface area contributed by atoms with Gasteiger partial charge in [-0.15, -0.1) is 0 Å². The van der Waals surface area contributed by atoms with E-state index in [1.54, 1.807) is 19.1 Å². The number of hydrogen-bond acceptors (Lipinski definition) is 5. The highest BCUT2D eigenvalue weighted by molar-refractivity contribution is 7.92. The third-order valence-corrected chi connectivity index (χ3v) is 5.05. The second-order valence-electron chi connectivity index (χ2n) is 3.91. The predicted molar refractivity (Wildman–Crippen MR) is 62.9 cm³/mol. The highest BCUT2D eigenvalue weighted by Gasteiger charge is 2.34. The van der Waals surface area contributed by atoms with E-state index in [1.165, 1.54) is 13.2 Å². The molecule has 0 spiro atoms. The molecule has 1 unspecified atom stereocenters. The molecule has 1 atom stereocenters. The van der Waals surface area contributed by atoms with Crippen molar-refractivity contribution in [1.82, 2.24) is 0 Å². The van der Waals surface area contributed by atoms with Crippen LogP contribution in [0.4, 0.5) is 5.69 Å². The summed E-state index contributed by atoms with van der Waals surface area (Å²) in [5, 5.41) is 2.45. The first-order valence-corrected chi connectivity index (χ1v) is 6.72. The average molecular weight is 255 g/mol. The van der Waals surface area contributed by atoms with Crippen LogP contribution in [0.2, 0.25) is 0 Å². The summed E-state index contributed by atoms with van der Waals surface area (Å²) in [4.78, 5) is 11.6. The zero-order valence-electron chi connectivity index (χ0n) is 9.56. The Morgan fingerprint density at radius 1 is 1.47 bits per heavy atom. The molecule has 5 nitrogen and oxygen atoms in total. The largest absolute Gasteiger partial charge is 0.465 e. The second kappa shape index (κ2) is 4.03. The number of benzene rings is 1. The van der Waals surface area contributed by atoms with Gasteiger partial charge in [-0.3, -0.25) is 0 Å². The number of carbonyl (C=O) groups excluding carboxylic acids is 1. The lowest BCUT2D eigenvalue weighted by Gasteiger charge is -2.25. The quantitative estimate of drug-likeness (QED) is 0.760. The molecular formula is C11H13NO4S. The topological polar surface area (TPSA) is 72.5 Å². The van der Waals surface area contributed by atoms with E-state index < -0.39 is 21.1 Å². The van der Waals surface area contributed by atoms with Crippen molar-refractivity contribution in [1.29, 1.82) is 0 Å². The van der Waals surface area contributed by atoms with Crippen molar-refractivity contribution in [3.8, 4) is 0 Å². The van der Waals surface area contributed by atoms with Crippen LogP contribution >= 0.6 is 0 Å². The van der Waals surface area contributed by atoms with Crippen LogP contribution in [0.25, 0.3) is 0 Å². The van der Waals surface area contributed by atoms with E-state index in [2.05, 4.69) is 10.1 Å². The van der Waals surface area contributed by atoms with Gasteiger partial charge in [-0.2, -0.15) is 0 Å². The van der Waals surface area contributed by atoms with E-state index in [-0.39, 0.29) is 10.5 Å². The fourth-order valence-electron chi connectivity index (χ4n) is 1.82. The van der Waals surface area contributed by atoms with Crippen LogP contribution in [0, 0.1) is 0 Å². The minimum atomic E-state index is -3.47. The summed E-state index contributed by atoms with van der Waals surface area (Å²) in [7, 11) is -2.24. The number of anilines is 1. The van der Waals surface area contributed by atoms with Crippen LogP contribution < -0.4 is 5.32 Å². The van der Waals surface area contributed by atoms with Crippen molar-refractivity contribution in [3.05, 3.63) is 23.8 Å². The van der Waals surface area contributed by atoms with Crippen molar-refractivity contribution in [3.63, 3.8) is 0 Å². The molecular weight excluding hydrogens is 242 g/mol. The molecule has 0 aliphatic carbocycles. The third kappa shape index (κ3) is 1.78. The third-order valence-electron chi connectivity index (χ3n) is 2.81. The second-order valence-corrected chi connectivity index (χ2v) is 6.21. The van der Waals surface area contributed by atoms with Crippen LogP contribution in [0.1, 0.15) is 17.3 Å². The number of rotatable bonds is 1. The van der Waals surface area contributed by atoms with Gasteiger partial charge in [0.1, 0.15) is 4.90 Å². The summed E-state index contributed by atoms with van der Waals surface area (Å²) < 4.78 is 29.0.